The first-order valence-corrected chi connectivity index (χ1v) is 7.28. The van der Waals surface area contributed by atoms with E-state index in [4.69, 9.17) is 9.47 Å². The van der Waals surface area contributed by atoms with Crippen LogP contribution < -0.4 is 14.8 Å². The van der Waals surface area contributed by atoms with E-state index >= 15 is 0 Å². The number of nitrogens with one attached hydrogen (secondary N) is 1. The first kappa shape index (κ1) is 16.5. The van der Waals surface area contributed by atoms with Gasteiger partial charge in [0, 0.05) is 12.6 Å². The number of carbonyl (C=O) groups is 2. The van der Waals surface area contributed by atoms with Gasteiger partial charge in [0.2, 0.25) is 11.9 Å². The van der Waals surface area contributed by atoms with Crippen molar-refractivity contribution in [1.29, 1.82) is 0 Å². The second-order valence-electron chi connectivity index (χ2n) is 5.63. The molecule has 0 aromatic heterocycles. The lowest BCUT2D eigenvalue weighted by Crippen LogP contribution is -2.35. The molecule has 6 nitrogen and oxygen atoms in total. The second-order valence-corrected chi connectivity index (χ2v) is 5.63. The van der Waals surface area contributed by atoms with E-state index in [-0.39, 0.29) is 30.0 Å². The van der Waals surface area contributed by atoms with Gasteiger partial charge < -0.3 is 19.9 Å². The molecule has 0 bridgehead atoms. The van der Waals surface area contributed by atoms with Gasteiger partial charge in [-0.25, -0.2) is 0 Å². The number of Topliss-reactive ketones (excluding diaryl/α,β-unsaturated/α-hetero) is 2. The quantitative estimate of drug-likeness (QED) is 0.730. The number of para-hydroxylation sites is 1. The molecule has 1 aliphatic heterocycles. The second kappa shape index (κ2) is 6.89. The zero-order valence-corrected chi connectivity index (χ0v) is 13.0. The summed E-state index contributed by atoms with van der Waals surface area (Å²) in [6.45, 7) is 5.76. The van der Waals surface area contributed by atoms with Crippen molar-refractivity contribution >= 4 is 11.6 Å². The molecule has 1 aromatic rings. The van der Waals surface area contributed by atoms with E-state index in [2.05, 4.69) is 5.32 Å². The number of benzene rings is 1. The lowest BCUT2D eigenvalue weighted by atomic mass is 10.1. The molecule has 6 heteroatoms. The standard InChI is InChI=1S/C16H21NO5/c1-9(2)17-7-11(19)8-21-13-6-4-5-12-14(20)15(10(3)18)22-16(12)13/h4-6,9,11,15,17,19H,7-8H2,1-3H3/t11?,15-/m0/s1. The first-order valence-electron chi connectivity index (χ1n) is 7.28. The third-order valence-corrected chi connectivity index (χ3v) is 3.28. The molecule has 0 saturated heterocycles. The van der Waals surface area contributed by atoms with E-state index in [1.807, 2.05) is 13.8 Å². The highest BCUT2D eigenvalue weighted by atomic mass is 16.5. The number of aliphatic hydroxyl groups is 1. The molecule has 1 heterocycles. The average Bonchev–Trinajstić information content (AvgIpc) is 2.81. The van der Waals surface area contributed by atoms with Crippen LogP contribution in [0.5, 0.6) is 11.5 Å². The van der Waals surface area contributed by atoms with E-state index in [0.29, 0.717) is 17.9 Å². The number of aliphatic hydroxyl groups excluding tert-OH is 1. The largest absolute Gasteiger partial charge is 0.487 e. The molecule has 1 aromatic carbocycles. The van der Waals surface area contributed by atoms with E-state index in [0.717, 1.165) is 0 Å². The lowest BCUT2D eigenvalue weighted by molar-refractivity contribution is -0.121. The molecule has 2 atom stereocenters. The van der Waals surface area contributed by atoms with Crippen LogP contribution in [0, 0.1) is 0 Å². The number of fused-ring (bicyclic) bond motifs is 1. The fourth-order valence-corrected chi connectivity index (χ4v) is 2.14. The van der Waals surface area contributed by atoms with Crippen molar-refractivity contribution in [2.45, 2.75) is 39.0 Å². The van der Waals surface area contributed by atoms with E-state index in [1.165, 1.54) is 6.92 Å². The number of rotatable bonds is 7. The molecule has 1 aliphatic rings. The maximum absolute atomic E-state index is 12.0. The van der Waals surface area contributed by atoms with Gasteiger partial charge in [-0.1, -0.05) is 19.9 Å². The fraction of sp³-hybridized carbons (Fsp3) is 0.500. The summed E-state index contributed by atoms with van der Waals surface area (Å²) in [5, 5.41) is 13.0. The van der Waals surface area contributed by atoms with Crippen molar-refractivity contribution in [3.63, 3.8) is 0 Å². The molecule has 22 heavy (non-hydrogen) atoms. The van der Waals surface area contributed by atoms with Crippen LogP contribution >= 0.6 is 0 Å². The summed E-state index contributed by atoms with van der Waals surface area (Å²) < 4.78 is 11.0. The third-order valence-electron chi connectivity index (χ3n) is 3.28. The third kappa shape index (κ3) is 3.64. The molecule has 2 N–H and O–H groups in total. The van der Waals surface area contributed by atoms with E-state index < -0.39 is 12.2 Å². The Bertz CT molecular complexity index is 570. The van der Waals surface area contributed by atoms with Gasteiger partial charge in [0.1, 0.15) is 12.7 Å². The van der Waals surface area contributed by atoms with E-state index in [9.17, 15) is 14.7 Å². The van der Waals surface area contributed by atoms with Crippen molar-refractivity contribution in [2.75, 3.05) is 13.2 Å². The average molecular weight is 307 g/mol. The van der Waals surface area contributed by atoms with Crippen molar-refractivity contribution in [3.8, 4) is 11.5 Å². The van der Waals surface area contributed by atoms with Gasteiger partial charge >= 0.3 is 0 Å². The van der Waals surface area contributed by atoms with Gasteiger partial charge in [0.15, 0.2) is 17.3 Å². The highest BCUT2D eigenvalue weighted by Gasteiger charge is 2.37. The maximum Gasteiger partial charge on any atom is 0.219 e. The smallest absolute Gasteiger partial charge is 0.219 e. The van der Waals surface area contributed by atoms with Crippen LogP contribution in [0.15, 0.2) is 18.2 Å². The topological polar surface area (TPSA) is 84.9 Å². The normalized spacial score (nSPS) is 18.0. The Morgan fingerprint density at radius 1 is 1.45 bits per heavy atom. The Hall–Kier alpha value is -1.92. The fourth-order valence-electron chi connectivity index (χ4n) is 2.14. The first-order chi connectivity index (χ1) is 10.4. The Balaban J connectivity index is 2.03. The van der Waals surface area contributed by atoms with Crippen LogP contribution in [0.1, 0.15) is 31.1 Å². The van der Waals surface area contributed by atoms with Crippen LogP contribution in [0.3, 0.4) is 0 Å². The number of ketones is 2. The summed E-state index contributed by atoms with van der Waals surface area (Å²) in [6, 6.07) is 5.19. The number of hydrogen-bond acceptors (Lipinski definition) is 6. The van der Waals surface area contributed by atoms with Crippen molar-refractivity contribution in [3.05, 3.63) is 23.8 Å². The van der Waals surface area contributed by atoms with Crippen LogP contribution in [0.2, 0.25) is 0 Å². The van der Waals surface area contributed by atoms with Gasteiger partial charge in [-0.15, -0.1) is 0 Å². The molecular formula is C16H21NO5. The minimum absolute atomic E-state index is 0.0679. The molecule has 120 valence electrons. The minimum Gasteiger partial charge on any atom is -0.487 e. The summed E-state index contributed by atoms with van der Waals surface area (Å²) in [5.74, 6) is -0.0572. The molecule has 0 fully saturated rings. The molecule has 0 radical (unpaired) electrons. The summed E-state index contributed by atoms with van der Waals surface area (Å²) in [5.41, 5.74) is 0.340. The molecule has 0 spiro atoms. The predicted molar refractivity (Wildman–Crippen MR) is 80.5 cm³/mol. The summed E-state index contributed by atoms with van der Waals surface area (Å²) in [7, 11) is 0. The maximum atomic E-state index is 12.0. The van der Waals surface area contributed by atoms with Gasteiger partial charge in [-0.3, -0.25) is 9.59 Å². The van der Waals surface area contributed by atoms with Crippen molar-refractivity contribution in [1.82, 2.24) is 5.32 Å². The number of ether oxygens (including phenoxy) is 2. The molecule has 0 saturated carbocycles. The molecule has 0 amide bonds. The highest BCUT2D eigenvalue weighted by Crippen LogP contribution is 2.38. The zero-order chi connectivity index (χ0) is 16.3. The molecule has 1 unspecified atom stereocenters. The van der Waals surface area contributed by atoms with Gasteiger partial charge in [0.25, 0.3) is 0 Å². The highest BCUT2D eigenvalue weighted by molar-refractivity contribution is 6.16. The molecule has 2 rings (SSSR count). The Morgan fingerprint density at radius 3 is 2.82 bits per heavy atom. The van der Waals surface area contributed by atoms with Crippen LogP contribution in [-0.4, -0.2) is 48.1 Å². The van der Waals surface area contributed by atoms with Crippen LogP contribution in [0.25, 0.3) is 0 Å². The number of carbonyl (C=O) groups excluding carboxylic acids is 2. The summed E-state index contributed by atoms with van der Waals surface area (Å²) in [6.07, 6.45) is -1.77. The molecule has 0 aliphatic carbocycles. The summed E-state index contributed by atoms with van der Waals surface area (Å²) >= 11 is 0. The van der Waals surface area contributed by atoms with Crippen LogP contribution in [0.4, 0.5) is 0 Å². The van der Waals surface area contributed by atoms with E-state index in [1.54, 1.807) is 18.2 Å². The lowest BCUT2D eigenvalue weighted by Gasteiger charge is -2.16. The van der Waals surface area contributed by atoms with Gasteiger partial charge in [0.05, 0.1) is 5.56 Å². The van der Waals surface area contributed by atoms with Gasteiger partial charge in [-0.05, 0) is 19.1 Å². The zero-order valence-electron chi connectivity index (χ0n) is 13.0. The Morgan fingerprint density at radius 2 is 2.18 bits per heavy atom. The molecular weight excluding hydrogens is 286 g/mol. The SMILES string of the molecule is CC(=O)[C@@H]1Oc2c(OCC(O)CNC(C)C)cccc2C1=O. The minimum atomic E-state index is -1.09. The monoisotopic (exact) mass is 307 g/mol. The predicted octanol–water partition coefficient (Wildman–Crippen LogP) is 0.957. The van der Waals surface area contributed by atoms with Crippen molar-refractivity contribution < 1.29 is 24.2 Å². The summed E-state index contributed by atoms with van der Waals surface area (Å²) in [4.78, 5) is 23.5. The Kier molecular flexibility index (Phi) is 5.15. The van der Waals surface area contributed by atoms with Crippen LogP contribution in [-0.2, 0) is 4.79 Å². The van der Waals surface area contributed by atoms with Crippen molar-refractivity contribution in [2.24, 2.45) is 0 Å². The Labute approximate surface area is 129 Å². The van der Waals surface area contributed by atoms with Gasteiger partial charge in [-0.2, -0.15) is 0 Å². The number of hydrogen-bond donors (Lipinski definition) is 2.